The Morgan fingerprint density at radius 1 is 1.17 bits per heavy atom. The van der Waals surface area contributed by atoms with Crippen LogP contribution < -0.4 is 9.62 Å². The van der Waals surface area contributed by atoms with E-state index in [1.165, 1.54) is 4.31 Å². The molecule has 24 heavy (non-hydrogen) atoms. The minimum Gasteiger partial charge on any atom is -0.352 e. The van der Waals surface area contributed by atoms with Gasteiger partial charge in [0.25, 0.3) is 5.91 Å². The molecule has 0 atom stereocenters. The molecule has 1 saturated heterocycles. The second-order valence-corrected chi connectivity index (χ2v) is 7.63. The molecule has 0 saturated carbocycles. The van der Waals surface area contributed by atoms with E-state index in [4.69, 9.17) is 0 Å². The van der Waals surface area contributed by atoms with Gasteiger partial charge in [-0.05, 0) is 42.8 Å². The lowest BCUT2D eigenvalue weighted by Crippen LogP contribution is -2.27. The maximum atomic E-state index is 12.1. The maximum Gasteiger partial charge on any atom is 0.251 e. The molecule has 1 fully saturated rings. The summed E-state index contributed by atoms with van der Waals surface area (Å²) in [4.78, 5) is 16.3. The molecule has 2 heterocycles. The summed E-state index contributed by atoms with van der Waals surface area (Å²) in [5, 5.41) is 2.84. The Morgan fingerprint density at radius 2 is 1.96 bits per heavy atom. The molecular formula is C17H19N3O3S. The van der Waals surface area contributed by atoms with Gasteiger partial charge in [-0.3, -0.25) is 14.1 Å². The molecule has 1 N–H and O–H groups in total. The number of pyridine rings is 1. The standard InChI is InChI=1S/C17H19N3O3S/c21-17(19-11-9-15-4-1-2-10-18-15)14-5-7-16(8-6-14)20-12-3-13-24(20,22)23/h1-2,4-8,10H,3,9,11-13H2,(H,19,21). The van der Waals surface area contributed by atoms with Crippen LogP contribution in [0, 0.1) is 0 Å². The van der Waals surface area contributed by atoms with Crippen LogP contribution in [0.15, 0.2) is 48.7 Å². The first-order chi connectivity index (χ1) is 11.6. The third-order valence-electron chi connectivity index (χ3n) is 3.91. The summed E-state index contributed by atoms with van der Waals surface area (Å²) in [5.41, 5.74) is 2.04. The number of hydrogen-bond acceptors (Lipinski definition) is 4. The Hall–Kier alpha value is -2.41. The van der Waals surface area contributed by atoms with Gasteiger partial charge in [-0.2, -0.15) is 0 Å². The van der Waals surface area contributed by atoms with E-state index in [0.29, 0.717) is 37.2 Å². The first kappa shape index (κ1) is 16.4. The quantitative estimate of drug-likeness (QED) is 0.892. The van der Waals surface area contributed by atoms with Gasteiger partial charge in [-0.15, -0.1) is 0 Å². The first-order valence-corrected chi connectivity index (χ1v) is 9.46. The minimum atomic E-state index is -3.19. The highest BCUT2D eigenvalue weighted by molar-refractivity contribution is 7.93. The lowest BCUT2D eigenvalue weighted by molar-refractivity contribution is 0.0954. The Labute approximate surface area is 141 Å². The van der Waals surface area contributed by atoms with Crippen molar-refractivity contribution >= 4 is 21.6 Å². The largest absolute Gasteiger partial charge is 0.352 e. The molecule has 0 aliphatic carbocycles. The van der Waals surface area contributed by atoms with E-state index in [1.54, 1.807) is 30.5 Å². The molecule has 0 unspecified atom stereocenters. The fourth-order valence-corrected chi connectivity index (χ4v) is 4.23. The van der Waals surface area contributed by atoms with Crippen molar-refractivity contribution in [2.24, 2.45) is 0 Å². The van der Waals surface area contributed by atoms with Gasteiger partial charge in [-0.25, -0.2) is 8.42 Å². The van der Waals surface area contributed by atoms with Crippen molar-refractivity contribution in [3.8, 4) is 0 Å². The number of amides is 1. The van der Waals surface area contributed by atoms with Crippen LogP contribution in [0.4, 0.5) is 5.69 Å². The van der Waals surface area contributed by atoms with Crippen LogP contribution in [-0.2, 0) is 16.4 Å². The number of hydrogen-bond donors (Lipinski definition) is 1. The smallest absolute Gasteiger partial charge is 0.251 e. The molecule has 1 aliphatic heterocycles. The van der Waals surface area contributed by atoms with Gasteiger partial charge in [0.15, 0.2) is 0 Å². The summed E-state index contributed by atoms with van der Waals surface area (Å²) in [7, 11) is -3.19. The highest BCUT2D eigenvalue weighted by Gasteiger charge is 2.28. The number of sulfonamides is 1. The number of carbonyl (C=O) groups excluding carboxylic acids is 1. The fourth-order valence-electron chi connectivity index (χ4n) is 2.66. The Bertz CT molecular complexity index is 805. The number of anilines is 1. The summed E-state index contributed by atoms with van der Waals surface area (Å²) in [6, 6.07) is 12.3. The molecule has 1 aromatic heterocycles. The van der Waals surface area contributed by atoms with Crippen molar-refractivity contribution in [3.05, 3.63) is 59.9 Å². The Morgan fingerprint density at radius 3 is 2.58 bits per heavy atom. The molecule has 7 heteroatoms. The highest BCUT2D eigenvalue weighted by Crippen LogP contribution is 2.24. The fraction of sp³-hybridized carbons (Fsp3) is 0.294. The third-order valence-corrected chi connectivity index (χ3v) is 5.78. The predicted octanol–water partition coefficient (Wildman–Crippen LogP) is 1.59. The molecule has 0 spiro atoms. The van der Waals surface area contributed by atoms with Crippen LogP contribution in [0.2, 0.25) is 0 Å². The van der Waals surface area contributed by atoms with Crippen molar-refractivity contribution in [2.75, 3.05) is 23.1 Å². The van der Waals surface area contributed by atoms with E-state index in [0.717, 1.165) is 5.69 Å². The average molecular weight is 345 g/mol. The molecule has 126 valence electrons. The van der Waals surface area contributed by atoms with Gasteiger partial charge in [0.05, 0.1) is 11.4 Å². The molecule has 1 aliphatic rings. The van der Waals surface area contributed by atoms with Gasteiger partial charge >= 0.3 is 0 Å². The van der Waals surface area contributed by atoms with Crippen molar-refractivity contribution < 1.29 is 13.2 Å². The number of rotatable bonds is 5. The highest BCUT2D eigenvalue weighted by atomic mass is 32.2. The van der Waals surface area contributed by atoms with E-state index in [1.807, 2.05) is 18.2 Å². The average Bonchev–Trinajstić information content (AvgIpc) is 2.95. The zero-order valence-electron chi connectivity index (χ0n) is 13.2. The van der Waals surface area contributed by atoms with Crippen LogP contribution in [0.3, 0.4) is 0 Å². The van der Waals surface area contributed by atoms with Crippen LogP contribution in [0.1, 0.15) is 22.5 Å². The summed E-state index contributed by atoms with van der Waals surface area (Å²) < 4.78 is 25.2. The SMILES string of the molecule is O=C(NCCc1ccccn1)c1ccc(N2CCCS2(=O)=O)cc1. The number of nitrogens with one attached hydrogen (secondary N) is 1. The van der Waals surface area contributed by atoms with Crippen molar-refractivity contribution in [3.63, 3.8) is 0 Å². The van der Waals surface area contributed by atoms with E-state index in [2.05, 4.69) is 10.3 Å². The minimum absolute atomic E-state index is 0.179. The second-order valence-electron chi connectivity index (χ2n) is 5.62. The second kappa shape index (κ2) is 7.00. The lowest BCUT2D eigenvalue weighted by Gasteiger charge is -2.17. The maximum absolute atomic E-state index is 12.1. The van der Waals surface area contributed by atoms with E-state index < -0.39 is 10.0 Å². The van der Waals surface area contributed by atoms with Crippen molar-refractivity contribution in [1.29, 1.82) is 0 Å². The van der Waals surface area contributed by atoms with Gasteiger partial charge < -0.3 is 5.32 Å². The molecule has 0 radical (unpaired) electrons. The summed E-state index contributed by atoms with van der Waals surface area (Å²) in [5.74, 6) is 0.00437. The van der Waals surface area contributed by atoms with E-state index in [9.17, 15) is 13.2 Å². The normalized spacial score (nSPS) is 16.1. The Balaban J connectivity index is 1.58. The zero-order chi connectivity index (χ0) is 17.0. The molecule has 1 amide bonds. The summed E-state index contributed by atoms with van der Waals surface area (Å²) in [6.45, 7) is 0.996. The summed E-state index contributed by atoms with van der Waals surface area (Å²) in [6.07, 6.45) is 3.02. The van der Waals surface area contributed by atoms with E-state index >= 15 is 0 Å². The molecule has 2 aromatic rings. The Kier molecular flexibility index (Phi) is 4.80. The topological polar surface area (TPSA) is 79.4 Å². The van der Waals surface area contributed by atoms with Gasteiger partial charge in [0, 0.05) is 37.0 Å². The number of benzene rings is 1. The van der Waals surface area contributed by atoms with Crippen molar-refractivity contribution in [2.45, 2.75) is 12.8 Å². The molecule has 6 nitrogen and oxygen atoms in total. The molecule has 0 bridgehead atoms. The lowest BCUT2D eigenvalue weighted by atomic mass is 10.2. The van der Waals surface area contributed by atoms with Gasteiger partial charge in [0.1, 0.15) is 0 Å². The molecular weight excluding hydrogens is 326 g/mol. The molecule has 3 rings (SSSR count). The first-order valence-electron chi connectivity index (χ1n) is 7.85. The monoisotopic (exact) mass is 345 g/mol. The summed E-state index contributed by atoms with van der Waals surface area (Å²) >= 11 is 0. The van der Waals surface area contributed by atoms with E-state index in [-0.39, 0.29) is 11.7 Å². The van der Waals surface area contributed by atoms with Crippen LogP contribution in [0.25, 0.3) is 0 Å². The van der Waals surface area contributed by atoms with Crippen LogP contribution in [-0.4, -0.2) is 38.2 Å². The zero-order valence-corrected chi connectivity index (χ0v) is 14.0. The molecule has 1 aromatic carbocycles. The van der Waals surface area contributed by atoms with Crippen LogP contribution in [0.5, 0.6) is 0 Å². The van der Waals surface area contributed by atoms with Gasteiger partial charge in [-0.1, -0.05) is 6.07 Å². The van der Waals surface area contributed by atoms with Gasteiger partial charge in [0.2, 0.25) is 10.0 Å². The van der Waals surface area contributed by atoms with Crippen LogP contribution >= 0.6 is 0 Å². The van der Waals surface area contributed by atoms with Crippen molar-refractivity contribution in [1.82, 2.24) is 10.3 Å². The number of aromatic nitrogens is 1. The number of nitrogens with zero attached hydrogens (tertiary/aromatic N) is 2. The number of carbonyl (C=O) groups is 1. The predicted molar refractivity (Wildman–Crippen MR) is 92.5 cm³/mol. The third kappa shape index (κ3) is 3.73.